The molecular weight excluding hydrogens is 422 g/mol. The Labute approximate surface area is 193 Å². The van der Waals surface area contributed by atoms with Gasteiger partial charge in [0, 0.05) is 13.1 Å². The molecule has 1 atom stereocenters. The van der Waals surface area contributed by atoms with Crippen LogP contribution in [0.25, 0.3) is 0 Å². The normalized spacial score (nSPS) is 39.1. The largest absolute Gasteiger partial charge is 0.342 e. The maximum atomic E-state index is 13.7. The van der Waals surface area contributed by atoms with Crippen molar-refractivity contribution in [2.75, 3.05) is 13.1 Å². The van der Waals surface area contributed by atoms with Gasteiger partial charge >= 0.3 is 6.03 Å². The number of urea groups is 1. The first-order valence-corrected chi connectivity index (χ1v) is 13.3. The highest BCUT2D eigenvalue weighted by molar-refractivity contribution is 7.07. The lowest BCUT2D eigenvalue weighted by atomic mass is 9.49. The second-order valence-corrected chi connectivity index (χ2v) is 12.2. The average molecular weight is 456 g/mol. The van der Waals surface area contributed by atoms with Crippen LogP contribution in [0.3, 0.4) is 0 Å². The fourth-order valence-corrected chi connectivity index (χ4v) is 8.73. The van der Waals surface area contributed by atoms with Crippen molar-refractivity contribution in [3.63, 3.8) is 0 Å². The Morgan fingerprint density at radius 1 is 1.09 bits per heavy atom. The van der Waals surface area contributed by atoms with Crippen LogP contribution in [0.1, 0.15) is 63.9 Å². The number of nitrogens with one attached hydrogen (secondary N) is 1. The van der Waals surface area contributed by atoms with E-state index in [4.69, 9.17) is 0 Å². The number of rotatable bonds is 4. The minimum absolute atomic E-state index is 0.0619. The summed E-state index contributed by atoms with van der Waals surface area (Å²) in [5, 5.41) is 6.94. The minimum Gasteiger partial charge on any atom is -0.342 e. The first-order chi connectivity index (χ1) is 15.4. The third-order valence-electron chi connectivity index (χ3n) is 9.31. The van der Waals surface area contributed by atoms with Gasteiger partial charge in [-0.3, -0.25) is 14.5 Å². The standard InChI is InChI=1S/C25H33N3O3S/c1-24(21(29)28(23(31)26-24)14-16-4-7-32-15-16)20-2-5-27(6-3-20)22(30)25-11-17-8-18(12-25)10-19(9-17)13-25/h4,7,15,17-20H,2-3,5-6,8-14H2,1H3,(H,26,31). The van der Waals surface area contributed by atoms with Crippen LogP contribution in [0.2, 0.25) is 0 Å². The zero-order valence-corrected chi connectivity index (χ0v) is 19.7. The molecule has 2 aliphatic heterocycles. The molecule has 4 saturated carbocycles. The molecule has 2 saturated heterocycles. The van der Waals surface area contributed by atoms with E-state index in [1.54, 1.807) is 11.3 Å². The summed E-state index contributed by atoms with van der Waals surface area (Å²) in [4.78, 5) is 43.0. The number of likely N-dealkylation sites (tertiary alicyclic amines) is 1. The molecule has 1 aromatic heterocycles. The molecule has 0 radical (unpaired) electrons. The predicted molar refractivity (Wildman–Crippen MR) is 122 cm³/mol. The van der Waals surface area contributed by atoms with E-state index in [2.05, 4.69) is 10.2 Å². The second-order valence-electron chi connectivity index (χ2n) is 11.4. The molecule has 7 heteroatoms. The van der Waals surface area contributed by atoms with E-state index in [9.17, 15) is 14.4 Å². The zero-order chi connectivity index (χ0) is 22.1. The molecule has 1 unspecified atom stereocenters. The number of carbonyl (C=O) groups excluding carboxylic acids is 3. The SMILES string of the molecule is CC1(C2CCN(C(=O)C34CC5CC(CC(C5)C3)C4)CC2)NC(=O)N(Cc2ccsc2)C1=O. The number of thiophene rings is 1. The van der Waals surface area contributed by atoms with Gasteiger partial charge in [-0.25, -0.2) is 4.79 Å². The van der Waals surface area contributed by atoms with Gasteiger partial charge in [0.05, 0.1) is 12.0 Å². The smallest absolute Gasteiger partial charge is 0.325 e. The zero-order valence-electron chi connectivity index (χ0n) is 18.8. The number of hydrogen-bond donors (Lipinski definition) is 1. The van der Waals surface area contributed by atoms with Gasteiger partial charge in [0.1, 0.15) is 5.54 Å². The molecule has 6 fully saturated rings. The van der Waals surface area contributed by atoms with Gasteiger partial charge in [0.25, 0.3) is 5.91 Å². The van der Waals surface area contributed by atoms with E-state index in [0.717, 1.165) is 55.4 Å². The lowest BCUT2D eigenvalue weighted by molar-refractivity contribution is -0.159. The van der Waals surface area contributed by atoms with Crippen LogP contribution in [-0.2, 0) is 16.1 Å². The Bertz CT molecular complexity index is 901. The van der Waals surface area contributed by atoms with Crippen molar-refractivity contribution in [3.05, 3.63) is 22.4 Å². The predicted octanol–water partition coefficient (Wildman–Crippen LogP) is 4.01. The summed E-state index contributed by atoms with van der Waals surface area (Å²) in [7, 11) is 0. The lowest BCUT2D eigenvalue weighted by Gasteiger charge is -2.57. The molecule has 4 aliphatic carbocycles. The molecule has 3 heterocycles. The summed E-state index contributed by atoms with van der Waals surface area (Å²) in [6.07, 6.45) is 8.87. The molecule has 0 aromatic carbocycles. The van der Waals surface area contributed by atoms with E-state index in [0.29, 0.717) is 25.5 Å². The van der Waals surface area contributed by atoms with Gasteiger partial charge in [-0.1, -0.05) is 0 Å². The molecule has 4 bridgehead atoms. The van der Waals surface area contributed by atoms with E-state index in [1.165, 1.54) is 24.2 Å². The highest BCUT2D eigenvalue weighted by Crippen LogP contribution is 2.60. The average Bonchev–Trinajstić information content (AvgIpc) is 3.35. The molecule has 7 rings (SSSR count). The molecule has 1 N–H and O–H groups in total. The van der Waals surface area contributed by atoms with E-state index < -0.39 is 5.54 Å². The van der Waals surface area contributed by atoms with Crippen molar-refractivity contribution in [2.24, 2.45) is 29.1 Å². The lowest BCUT2D eigenvalue weighted by Crippen LogP contribution is -2.58. The number of nitrogens with zero attached hydrogens (tertiary/aromatic N) is 2. The van der Waals surface area contributed by atoms with Gasteiger partial charge in [-0.15, -0.1) is 0 Å². The van der Waals surface area contributed by atoms with E-state index in [1.807, 2.05) is 23.8 Å². The van der Waals surface area contributed by atoms with Crippen molar-refractivity contribution in [2.45, 2.75) is 70.4 Å². The van der Waals surface area contributed by atoms with Crippen LogP contribution >= 0.6 is 11.3 Å². The Balaban J connectivity index is 1.12. The fourth-order valence-electron chi connectivity index (χ4n) is 8.07. The maximum absolute atomic E-state index is 13.7. The van der Waals surface area contributed by atoms with E-state index in [-0.39, 0.29) is 23.3 Å². The maximum Gasteiger partial charge on any atom is 0.325 e. The molecule has 32 heavy (non-hydrogen) atoms. The van der Waals surface area contributed by atoms with E-state index >= 15 is 0 Å². The minimum atomic E-state index is -0.872. The number of piperidine rings is 1. The van der Waals surface area contributed by atoms with Crippen molar-refractivity contribution in [3.8, 4) is 0 Å². The molecule has 6 aliphatic rings. The summed E-state index contributed by atoms with van der Waals surface area (Å²) in [5.74, 6) is 2.62. The summed E-state index contributed by atoms with van der Waals surface area (Å²) in [5.41, 5.74) is 0.0158. The Hall–Kier alpha value is -1.89. The summed E-state index contributed by atoms with van der Waals surface area (Å²) >= 11 is 1.57. The molecule has 6 nitrogen and oxygen atoms in total. The number of hydrogen-bond acceptors (Lipinski definition) is 4. The van der Waals surface area contributed by atoms with Crippen LogP contribution in [-0.4, -0.2) is 46.3 Å². The van der Waals surface area contributed by atoms with Gasteiger partial charge in [0.2, 0.25) is 5.91 Å². The molecule has 0 spiro atoms. The van der Waals surface area contributed by atoms with Crippen LogP contribution < -0.4 is 5.32 Å². The molecule has 4 amide bonds. The molecular formula is C25H33N3O3S. The van der Waals surface area contributed by atoms with Gasteiger partial charge in [-0.05, 0) is 104 Å². The monoisotopic (exact) mass is 455 g/mol. The summed E-state index contributed by atoms with van der Waals surface area (Å²) in [6, 6.07) is 1.66. The Morgan fingerprint density at radius 2 is 1.72 bits per heavy atom. The summed E-state index contributed by atoms with van der Waals surface area (Å²) in [6.45, 7) is 3.61. The van der Waals surface area contributed by atoms with Gasteiger partial charge in [-0.2, -0.15) is 11.3 Å². The quantitative estimate of drug-likeness (QED) is 0.698. The fraction of sp³-hybridized carbons (Fsp3) is 0.720. The second kappa shape index (κ2) is 7.31. The summed E-state index contributed by atoms with van der Waals surface area (Å²) < 4.78 is 0. The Morgan fingerprint density at radius 3 is 2.28 bits per heavy atom. The van der Waals surface area contributed by atoms with Crippen LogP contribution in [0, 0.1) is 29.1 Å². The Kier molecular flexibility index (Phi) is 4.73. The third kappa shape index (κ3) is 3.14. The van der Waals surface area contributed by atoms with Crippen molar-refractivity contribution < 1.29 is 14.4 Å². The van der Waals surface area contributed by atoms with Crippen molar-refractivity contribution >= 4 is 29.2 Å². The van der Waals surface area contributed by atoms with Gasteiger partial charge < -0.3 is 10.2 Å². The first-order valence-electron chi connectivity index (χ1n) is 12.3. The molecule has 1 aromatic rings. The number of carbonyl (C=O) groups is 3. The number of amides is 4. The van der Waals surface area contributed by atoms with Crippen LogP contribution in [0.4, 0.5) is 4.79 Å². The highest BCUT2D eigenvalue weighted by Gasteiger charge is 2.57. The van der Waals surface area contributed by atoms with Crippen LogP contribution in [0.5, 0.6) is 0 Å². The van der Waals surface area contributed by atoms with Crippen molar-refractivity contribution in [1.82, 2.24) is 15.1 Å². The number of imide groups is 1. The van der Waals surface area contributed by atoms with Gasteiger partial charge in [0.15, 0.2) is 0 Å². The molecule has 172 valence electrons. The first kappa shape index (κ1) is 20.7. The van der Waals surface area contributed by atoms with Crippen molar-refractivity contribution in [1.29, 1.82) is 0 Å². The third-order valence-corrected chi connectivity index (χ3v) is 10.0. The highest BCUT2D eigenvalue weighted by atomic mass is 32.1. The van der Waals surface area contributed by atoms with Crippen LogP contribution in [0.15, 0.2) is 16.8 Å². The topological polar surface area (TPSA) is 69.7 Å².